The lowest BCUT2D eigenvalue weighted by Crippen LogP contribution is -2.36. The molecule has 1 aliphatic heterocycles. The molecule has 0 saturated carbocycles. The number of aromatic nitrogens is 2. The largest absolute Gasteiger partial charge is 0.405 e. The fourth-order valence-electron chi connectivity index (χ4n) is 2.93. The number of morpholine rings is 1. The standard InChI is InChI=1S/C18H18F3N5OS/c19-18(20,21)11-22-16-15-14(5-10-28-15)24-17(25-16)23-12-1-3-13(4-2-12)26-6-8-27-9-7-26/h1-5,10H,6-9,11H2,(H2,22,23,24,25). The van der Waals surface area contributed by atoms with E-state index in [1.165, 1.54) is 11.3 Å². The molecule has 1 aromatic carbocycles. The Morgan fingerprint density at radius 3 is 2.54 bits per heavy atom. The van der Waals surface area contributed by atoms with Crippen LogP contribution in [0.4, 0.5) is 36.3 Å². The van der Waals surface area contributed by atoms with Gasteiger partial charge in [-0.25, -0.2) is 4.98 Å². The molecule has 0 spiro atoms. The van der Waals surface area contributed by atoms with Crippen molar-refractivity contribution in [2.24, 2.45) is 0 Å². The van der Waals surface area contributed by atoms with E-state index in [9.17, 15) is 13.2 Å². The first kappa shape index (κ1) is 18.8. The van der Waals surface area contributed by atoms with E-state index in [0.29, 0.717) is 23.4 Å². The maximum Gasteiger partial charge on any atom is 0.405 e. The fourth-order valence-corrected chi connectivity index (χ4v) is 3.73. The van der Waals surface area contributed by atoms with Crippen molar-refractivity contribution in [3.05, 3.63) is 35.7 Å². The number of thiophene rings is 1. The Hall–Kier alpha value is -2.59. The highest BCUT2D eigenvalue weighted by molar-refractivity contribution is 7.17. The Labute approximate surface area is 163 Å². The van der Waals surface area contributed by atoms with E-state index in [2.05, 4.69) is 25.5 Å². The zero-order valence-corrected chi connectivity index (χ0v) is 15.6. The predicted molar refractivity (Wildman–Crippen MR) is 105 cm³/mol. The summed E-state index contributed by atoms with van der Waals surface area (Å²) in [6.45, 7) is 1.97. The fraction of sp³-hybridized carbons (Fsp3) is 0.333. The average molecular weight is 409 g/mol. The molecule has 0 bridgehead atoms. The zero-order chi connectivity index (χ0) is 19.6. The number of fused-ring (bicyclic) bond motifs is 1. The number of hydrogen-bond acceptors (Lipinski definition) is 7. The van der Waals surface area contributed by atoms with E-state index in [0.717, 1.165) is 24.5 Å². The molecule has 10 heteroatoms. The van der Waals surface area contributed by atoms with Crippen LogP contribution in [0.15, 0.2) is 35.7 Å². The summed E-state index contributed by atoms with van der Waals surface area (Å²) in [6.07, 6.45) is -4.32. The maximum atomic E-state index is 12.6. The summed E-state index contributed by atoms with van der Waals surface area (Å²) < 4.78 is 43.7. The van der Waals surface area contributed by atoms with Gasteiger partial charge in [-0.2, -0.15) is 18.2 Å². The van der Waals surface area contributed by atoms with Gasteiger partial charge < -0.3 is 20.3 Å². The van der Waals surface area contributed by atoms with Gasteiger partial charge in [-0.05, 0) is 35.7 Å². The van der Waals surface area contributed by atoms with Gasteiger partial charge in [0.15, 0.2) is 0 Å². The third-order valence-electron chi connectivity index (χ3n) is 4.26. The van der Waals surface area contributed by atoms with Crippen LogP contribution in [0.5, 0.6) is 0 Å². The number of benzene rings is 1. The van der Waals surface area contributed by atoms with Gasteiger partial charge in [-0.3, -0.25) is 0 Å². The van der Waals surface area contributed by atoms with Crippen LogP contribution in [0.3, 0.4) is 0 Å². The van der Waals surface area contributed by atoms with E-state index in [1.807, 2.05) is 24.3 Å². The predicted octanol–water partition coefficient (Wildman–Crippen LogP) is 4.25. The lowest BCUT2D eigenvalue weighted by Gasteiger charge is -2.28. The van der Waals surface area contributed by atoms with Gasteiger partial charge in [0.1, 0.15) is 12.4 Å². The van der Waals surface area contributed by atoms with Crippen LogP contribution < -0.4 is 15.5 Å². The van der Waals surface area contributed by atoms with Crippen molar-refractivity contribution < 1.29 is 17.9 Å². The van der Waals surface area contributed by atoms with Crippen LogP contribution in [0.2, 0.25) is 0 Å². The molecule has 1 saturated heterocycles. The summed E-state index contributed by atoms with van der Waals surface area (Å²) in [6, 6.07) is 9.52. The molecule has 0 unspecified atom stereocenters. The number of nitrogens with zero attached hydrogens (tertiary/aromatic N) is 3. The Kier molecular flexibility index (Phi) is 5.23. The molecule has 1 fully saturated rings. The van der Waals surface area contributed by atoms with E-state index >= 15 is 0 Å². The summed E-state index contributed by atoms with van der Waals surface area (Å²) in [5, 5.41) is 7.22. The molecule has 3 aromatic rings. The molecule has 1 aliphatic rings. The Bertz CT molecular complexity index is 939. The van der Waals surface area contributed by atoms with Gasteiger partial charge in [0, 0.05) is 24.5 Å². The van der Waals surface area contributed by atoms with Gasteiger partial charge in [-0.1, -0.05) is 0 Å². The number of hydrogen-bond donors (Lipinski definition) is 2. The average Bonchev–Trinajstić information content (AvgIpc) is 3.15. The molecular formula is C18H18F3N5OS. The van der Waals surface area contributed by atoms with Crippen LogP contribution in [-0.2, 0) is 4.74 Å². The van der Waals surface area contributed by atoms with Gasteiger partial charge in [0.2, 0.25) is 5.95 Å². The summed E-state index contributed by atoms with van der Waals surface area (Å²) in [7, 11) is 0. The molecule has 3 heterocycles. The first-order chi connectivity index (χ1) is 13.5. The Balaban J connectivity index is 1.52. The van der Waals surface area contributed by atoms with E-state index in [1.54, 1.807) is 11.4 Å². The smallest absolute Gasteiger partial charge is 0.378 e. The first-order valence-corrected chi connectivity index (χ1v) is 9.61. The number of rotatable bonds is 5. The van der Waals surface area contributed by atoms with Gasteiger partial charge in [0.05, 0.1) is 23.4 Å². The van der Waals surface area contributed by atoms with Crippen molar-refractivity contribution in [3.8, 4) is 0 Å². The molecule has 0 radical (unpaired) electrons. The molecule has 0 atom stereocenters. The summed E-state index contributed by atoms with van der Waals surface area (Å²) >= 11 is 1.30. The molecule has 4 rings (SSSR count). The summed E-state index contributed by atoms with van der Waals surface area (Å²) in [5.74, 6) is 0.416. The van der Waals surface area contributed by atoms with Crippen LogP contribution in [0.1, 0.15) is 0 Å². The second-order valence-electron chi connectivity index (χ2n) is 6.27. The number of ether oxygens (including phenoxy) is 1. The van der Waals surface area contributed by atoms with E-state index in [4.69, 9.17) is 4.74 Å². The van der Waals surface area contributed by atoms with Crippen LogP contribution in [0, 0.1) is 0 Å². The van der Waals surface area contributed by atoms with Crippen molar-refractivity contribution in [1.82, 2.24) is 9.97 Å². The number of halogens is 3. The van der Waals surface area contributed by atoms with Crippen molar-refractivity contribution in [3.63, 3.8) is 0 Å². The van der Waals surface area contributed by atoms with Crippen LogP contribution in [0.25, 0.3) is 10.2 Å². The molecule has 2 aromatic heterocycles. The van der Waals surface area contributed by atoms with Crippen molar-refractivity contribution in [2.45, 2.75) is 6.18 Å². The van der Waals surface area contributed by atoms with Gasteiger partial charge in [0.25, 0.3) is 0 Å². The van der Waals surface area contributed by atoms with Crippen LogP contribution in [-0.4, -0.2) is 49.0 Å². The molecule has 0 amide bonds. The quantitative estimate of drug-likeness (QED) is 0.657. The molecular weight excluding hydrogens is 391 g/mol. The first-order valence-electron chi connectivity index (χ1n) is 8.74. The van der Waals surface area contributed by atoms with E-state index in [-0.39, 0.29) is 11.8 Å². The summed E-state index contributed by atoms with van der Waals surface area (Å²) in [5.41, 5.74) is 2.45. The Morgan fingerprint density at radius 1 is 1.07 bits per heavy atom. The minimum absolute atomic E-state index is 0.171. The minimum Gasteiger partial charge on any atom is -0.378 e. The number of anilines is 4. The highest BCUT2D eigenvalue weighted by atomic mass is 32.1. The highest BCUT2D eigenvalue weighted by Crippen LogP contribution is 2.29. The lowest BCUT2D eigenvalue weighted by atomic mass is 10.2. The highest BCUT2D eigenvalue weighted by Gasteiger charge is 2.27. The van der Waals surface area contributed by atoms with Crippen molar-refractivity contribution >= 4 is 44.7 Å². The van der Waals surface area contributed by atoms with E-state index < -0.39 is 12.7 Å². The lowest BCUT2D eigenvalue weighted by molar-refractivity contribution is -0.115. The normalized spacial score (nSPS) is 15.0. The van der Waals surface area contributed by atoms with Gasteiger partial charge in [-0.15, -0.1) is 11.3 Å². The van der Waals surface area contributed by atoms with Gasteiger partial charge >= 0.3 is 6.18 Å². The Morgan fingerprint density at radius 2 is 1.82 bits per heavy atom. The number of alkyl halides is 3. The minimum atomic E-state index is -4.32. The molecule has 148 valence electrons. The second-order valence-corrected chi connectivity index (χ2v) is 7.19. The molecule has 6 nitrogen and oxygen atoms in total. The SMILES string of the molecule is FC(F)(F)CNc1nc(Nc2ccc(N3CCOCC3)cc2)nc2ccsc12. The van der Waals surface area contributed by atoms with Crippen molar-refractivity contribution in [1.29, 1.82) is 0 Å². The van der Waals surface area contributed by atoms with Crippen LogP contribution >= 0.6 is 11.3 Å². The molecule has 2 N–H and O–H groups in total. The maximum absolute atomic E-state index is 12.6. The third kappa shape index (κ3) is 4.45. The summed E-state index contributed by atoms with van der Waals surface area (Å²) in [4.78, 5) is 10.9. The van der Waals surface area contributed by atoms with Crippen molar-refractivity contribution in [2.75, 3.05) is 48.4 Å². The third-order valence-corrected chi connectivity index (χ3v) is 5.17. The topological polar surface area (TPSA) is 62.3 Å². The monoisotopic (exact) mass is 409 g/mol. The number of nitrogens with one attached hydrogen (secondary N) is 2. The second kappa shape index (κ2) is 7.80. The zero-order valence-electron chi connectivity index (χ0n) is 14.8. The molecule has 28 heavy (non-hydrogen) atoms. The molecule has 0 aliphatic carbocycles.